The zero-order valence-corrected chi connectivity index (χ0v) is 11.7. The quantitative estimate of drug-likeness (QED) is 0.570. The Hall–Kier alpha value is -1.30. The fraction of sp³-hybridized carbons (Fsp3) is 0.500. The minimum atomic E-state index is 0.760. The van der Waals surface area contributed by atoms with Gasteiger partial charge in [-0.25, -0.2) is 0 Å². The summed E-state index contributed by atoms with van der Waals surface area (Å²) in [4.78, 5) is 0. The molecular weight excluding hydrogens is 240 g/mol. The van der Waals surface area contributed by atoms with E-state index >= 15 is 0 Å². The van der Waals surface area contributed by atoms with Crippen molar-refractivity contribution in [2.24, 2.45) is 47.3 Å². The van der Waals surface area contributed by atoms with Crippen molar-refractivity contribution < 1.29 is 0 Å². The highest BCUT2D eigenvalue weighted by Crippen LogP contribution is 2.61. The van der Waals surface area contributed by atoms with Crippen LogP contribution in [-0.4, -0.2) is 0 Å². The molecular formula is C20H20. The summed E-state index contributed by atoms with van der Waals surface area (Å²) in [5, 5.41) is 0. The van der Waals surface area contributed by atoms with Crippen molar-refractivity contribution in [3.63, 3.8) is 0 Å². The minimum Gasteiger partial charge on any atom is -0.0842 e. The second kappa shape index (κ2) is 3.30. The van der Waals surface area contributed by atoms with Gasteiger partial charge in [0.25, 0.3) is 0 Å². The molecule has 0 spiro atoms. The van der Waals surface area contributed by atoms with Gasteiger partial charge in [-0.15, -0.1) is 0 Å². The average Bonchev–Trinajstić information content (AvgIpc) is 3.18. The molecule has 2 saturated carbocycles. The summed E-state index contributed by atoms with van der Waals surface area (Å²) in [6.07, 6.45) is 22.7. The lowest BCUT2D eigenvalue weighted by atomic mass is 9.85. The average molecular weight is 260 g/mol. The molecule has 0 radical (unpaired) electrons. The summed E-state index contributed by atoms with van der Waals surface area (Å²) < 4.78 is 0. The molecule has 6 aliphatic rings. The molecule has 0 amide bonds. The van der Waals surface area contributed by atoms with Crippen LogP contribution in [0.25, 0.3) is 0 Å². The molecule has 0 aliphatic heterocycles. The fourth-order valence-electron chi connectivity index (χ4n) is 6.35. The second-order valence-corrected chi connectivity index (χ2v) is 7.69. The van der Waals surface area contributed by atoms with Crippen LogP contribution in [0.5, 0.6) is 0 Å². The van der Waals surface area contributed by atoms with Crippen LogP contribution in [0.1, 0.15) is 12.8 Å². The highest BCUT2D eigenvalue weighted by atomic mass is 14.6. The third-order valence-electron chi connectivity index (χ3n) is 7.08. The van der Waals surface area contributed by atoms with Crippen LogP contribution in [0.4, 0.5) is 0 Å². The van der Waals surface area contributed by atoms with Crippen LogP contribution in [-0.2, 0) is 0 Å². The monoisotopic (exact) mass is 260 g/mol. The van der Waals surface area contributed by atoms with Gasteiger partial charge in [-0.2, -0.15) is 0 Å². The third kappa shape index (κ3) is 1.05. The minimum absolute atomic E-state index is 0.760. The Bertz CT molecular complexity index is 585. The standard InChI is InChI=1S/C20H20/c1-3-13-9-17(15-7-5-11(1)19(13)15)18-10-14-4-2-12-6-8-16(18)20(12)14/h1-8,11-16,19-20H,9-10H2/b18-17+/t11-,12-,13-,14+,15+,16+,19+,20+/m0/s1. The topological polar surface area (TPSA) is 0 Å². The third-order valence-corrected chi connectivity index (χ3v) is 7.08. The van der Waals surface area contributed by atoms with Gasteiger partial charge in [0.05, 0.1) is 0 Å². The van der Waals surface area contributed by atoms with E-state index in [0.29, 0.717) is 0 Å². The van der Waals surface area contributed by atoms with Gasteiger partial charge in [0, 0.05) is 11.8 Å². The van der Waals surface area contributed by atoms with E-state index in [2.05, 4.69) is 48.6 Å². The summed E-state index contributed by atoms with van der Waals surface area (Å²) >= 11 is 0. The predicted octanol–water partition coefficient (Wildman–Crippen LogP) is 4.30. The van der Waals surface area contributed by atoms with Crippen LogP contribution in [0, 0.1) is 47.3 Å². The van der Waals surface area contributed by atoms with Crippen molar-refractivity contribution in [1.29, 1.82) is 0 Å². The van der Waals surface area contributed by atoms with Gasteiger partial charge in [-0.1, -0.05) is 59.8 Å². The maximum atomic E-state index is 2.54. The van der Waals surface area contributed by atoms with Crippen molar-refractivity contribution in [2.45, 2.75) is 12.8 Å². The molecule has 0 aromatic rings. The Kier molecular flexibility index (Phi) is 1.72. The van der Waals surface area contributed by atoms with Gasteiger partial charge in [0.2, 0.25) is 0 Å². The Morgan fingerprint density at radius 2 is 1.00 bits per heavy atom. The number of hydrogen-bond donors (Lipinski definition) is 0. The molecule has 0 bridgehead atoms. The molecule has 0 saturated heterocycles. The lowest BCUT2D eigenvalue weighted by molar-refractivity contribution is 0.402. The Morgan fingerprint density at radius 3 is 1.50 bits per heavy atom. The normalized spacial score (nSPS) is 59.2. The number of rotatable bonds is 0. The zero-order chi connectivity index (χ0) is 12.8. The molecule has 0 aromatic heterocycles. The summed E-state index contributed by atoms with van der Waals surface area (Å²) in [6.45, 7) is 0. The maximum Gasteiger partial charge on any atom is 0.00227 e. The van der Waals surface area contributed by atoms with Crippen molar-refractivity contribution in [3.8, 4) is 0 Å². The molecule has 0 N–H and O–H groups in total. The van der Waals surface area contributed by atoms with Gasteiger partial charge in [-0.05, 0) is 48.3 Å². The molecule has 0 unspecified atom stereocenters. The highest BCUT2D eigenvalue weighted by Gasteiger charge is 2.51. The van der Waals surface area contributed by atoms with Crippen LogP contribution in [0.3, 0.4) is 0 Å². The van der Waals surface area contributed by atoms with E-state index in [1.165, 1.54) is 12.8 Å². The first-order chi connectivity index (χ1) is 9.90. The lowest BCUT2D eigenvalue weighted by Crippen LogP contribution is -2.12. The van der Waals surface area contributed by atoms with Crippen LogP contribution in [0.15, 0.2) is 59.8 Å². The summed E-state index contributed by atoms with van der Waals surface area (Å²) in [5.74, 6) is 6.57. The molecule has 2 fully saturated rings. The molecule has 6 rings (SSSR count). The number of allylic oxidation sites excluding steroid dienone is 10. The van der Waals surface area contributed by atoms with E-state index in [1.807, 2.05) is 11.1 Å². The van der Waals surface area contributed by atoms with Crippen molar-refractivity contribution in [2.75, 3.05) is 0 Å². The van der Waals surface area contributed by atoms with Crippen LogP contribution < -0.4 is 0 Å². The van der Waals surface area contributed by atoms with Crippen LogP contribution >= 0.6 is 0 Å². The van der Waals surface area contributed by atoms with Gasteiger partial charge >= 0.3 is 0 Å². The van der Waals surface area contributed by atoms with Crippen LogP contribution in [0.2, 0.25) is 0 Å². The summed E-state index contributed by atoms with van der Waals surface area (Å²) in [5.41, 5.74) is 3.70. The van der Waals surface area contributed by atoms with E-state index in [9.17, 15) is 0 Å². The smallest absolute Gasteiger partial charge is 0.00227 e. The van der Waals surface area contributed by atoms with Gasteiger partial charge in [0.1, 0.15) is 0 Å². The van der Waals surface area contributed by atoms with E-state index in [4.69, 9.17) is 0 Å². The first-order valence-electron chi connectivity index (χ1n) is 8.35. The maximum absolute atomic E-state index is 2.54. The SMILES string of the molecule is C1=C[C@@H]2C/C(=C3/C[C@@H]4C=C[C@H]5C=C[C@H]3[C@H]54)[C@H]3C=C[C@H]1[C@H]23. The summed E-state index contributed by atoms with van der Waals surface area (Å²) in [7, 11) is 0. The largest absolute Gasteiger partial charge is 0.0842 e. The lowest BCUT2D eigenvalue weighted by Gasteiger charge is -2.19. The van der Waals surface area contributed by atoms with E-state index < -0.39 is 0 Å². The highest BCUT2D eigenvalue weighted by molar-refractivity contribution is 5.44. The zero-order valence-electron chi connectivity index (χ0n) is 11.7. The first kappa shape index (κ1) is 10.4. The van der Waals surface area contributed by atoms with Gasteiger partial charge in [0.15, 0.2) is 0 Å². The molecule has 0 heteroatoms. The molecule has 0 heterocycles. The van der Waals surface area contributed by atoms with Crippen molar-refractivity contribution >= 4 is 0 Å². The molecule has 0 nitrogen and oxygen atoms in total. The van der Waals surface area contributed by atoms with E-state index in [-0.39, 0.29) is 0 Å². The Labute approximate surface area is 120 Å². The van der Waals surface area contributed by atoms with E-state index in [1.54, 1.807) is 0 Å². The molecule has 0 aromatic carbocycles. The van der Waals surface area contributed by atoms with E-state index in [0.717, 1.165) is 47.3 Å². The summed E-state index contributed by atoms with van der Waals surface area (Å²) in [6, 6.07) is 0. The predicted molar refractivity (Wildman–Crippen MR) is 80.7 cm³/mol. The Morgan fingerprint density at radius 1 is 0.550 bits per heavy atom. The van der Waals surface area contributed by atoms with Gasteiger partial charge in [-0.3, -0.25) is 0 Å². The fourth-order valence-corrected chi connectivity index (χ4v) is 6.35. The first-order valence-corrected chi connectivity index (χ1v) is 8.35. The molecule has 20 heavy (non-hydrogen) atoms. The molecule has 6 aliphatic carbocycles. The van der Waals surface area contributed by atoms with Crippen molar-refractivity contribution in [1.82, 2.24) is 0 Å². The van der Waals surface area contributed by atoms with Crippen molar-refractivity contribution in [3.05, 3.63) is 59.8 Å². The number of hydrogen-bond acceptors (Lipinski definition) is 0. The molecule has 100 valence electrons. The molecule has 8 atom stereocenters. The Balaban J connectivity index is 1.48. The second-order valence-electron chi connectivity index (χ2n) is 7.69. The van der Waals surface area contributed by atoms with Gasteiger partial charge < -0.3 is 0 Å².